The number of amides is 1. The topological polar surface area (TPSA) is 32.8 Å². The molecule has 2 aliphatic rings. The maximum atomic E-state index is 13.2. The van der Waals surface area contributed by atoms with E-state index < -0.39 is 0 Å². The van der Waals surface area contributed by atoms with Gasteiger partial charge in [-0.1, -0.05) is 6.92 Å². The van der Waals surface area contributed by atoms with Crippen LogP contribution in [0.2, 0.25) is 0 Å². The molecule has 2 heterocycles. The Bertz CT molecular complexity index is 799. The van der Waals surface area contributed by atoms with Crippen molar-refractivity contribution in [3.05, 3.63) is 45.6 Å². The molecule has 5 heteroatoms. The van der Waals surface area contributed by atoms with E-state index in [0.29, 0.717) is 0 Å². The minimum Gasteiger partial charge on any atom is -0.497 e. The van der Waals surface area contributed by atoms with Crippen LogP contribution >= 0.6 is 11.3 Å². The first-order valence-electron chi connectivity index (χ1n) is 9.93. The van der Waals surface area contributed by atoms with Crippen molar-refractivity contribution in [2.45, 2.75) is 32.6 Å². The highest BCUT2D eigenvalue weighted by Gasteiger charge is 2.27. The molecular weight excluding hydrogens is 356 g/mol. The zero-order valence-corrected chi connectivity index (χ0v) is 17.1. The highest BCUT2D eigenvalue weighted by atomic mass is 32.1. The second kappa shape index (κ2) is 7.93. The predicted molar refractivity (Wildman–Crippen MR) is 111 cm³/mol. The summed E-state index contributed by atoms with van der Waals surface area (Å²) in [5, 5.41) is 2.11. The summed E-state index contributed by atoms with van der Waals surface area (Å²) < 4.78 is 5.25. The maximum Gasteiger partial charge on any atom is 0.255 e. The van der Waals surface area contributed by atoms with Crippen LogP contribution < -0.4 is 9.64 Å². The summed E-state index contributed by atoms with van der Waals surface area (Å²) in [6, 6.07) is 8.21. The molecule has 0 N–H and O–H groups in total. The van der Waals surface area contributed by atoms with Crippen LogP contribution in [0.3, 0.4) is 0 Å². The Morgan fingerprint density at radius 2 is 1.96 bits per heavy atom. The summed E-state index contributed by atoms with van der Waals surface area (Å²) in [4.78, 5) is 19.1. The number of carbonyl (C=O) groups is 1. The van der Waals surface area contributed by atoms with Crippen LogP contribution in [0.4, 0.5) is 5.69 Å². The smallest absolute Gasteiger partial charge is 0.255 e. The lowest BCUT2D eigenvalue weighted by molar-refractivity contribution is 0.0766. The van der Waals surface area contributed by atoms with Crippen molar-refractivity contribution in [3.8, 4) is 5.75 Å². The lowest BCUT2D eigenvalue weighted by Crippen LogP contribution is -2.35. The highest BCUT2D eigenvalue weighted by molar-refractivity contribution is 7.10. The average Bonchev–Trinajstić information content (AvgIpc) is 2.95. The summed E-state index contributed by atoms with van der Waals surface area (Å²) in [6.45, 7) is 5.79. The average molecular weight is 385 g/mol. The molecule has 1 unspecified atom stereocenters. The van der Waals surface area contributed by atoms with Gasteiger partial charge in [-0.25, -0.2) is 0 Å². The van der Waals surface area contributed by atoms with E-state index in [1.807, 2.05) is 12.1 Å². The van der Waals surface area contributed by atoms with Crippen LogP contribution in [-0.4, -0.2) is 44.1 Å². The van der Waals surface area contributed by atoms with E-state index in [9.17, 15) is 4.79 Å². The van der Waals surface area contributed by atoms with E-state index in [1.165, 1.54) is 22.5 Å². The number of fused-ring (bicyclic) bond motifs is 1. The first kappa shape index (κ1) is 18.4. The predicted octanol–water partition coefficient (Wildman–Crippen LogP) is 4.23. The number of methoxy groups -OCH3 is 1. The van der Waals surface area contributed by atoms with Gasteiger partial charge in [-0.2, -0.15) is 0 Å². The van der Waals surface area contributed by atoms with Crippen molar-refractivity contribution < 1.29 is 9.53 Å². The van der Waals surface area contributed by atoms with Crippen molar-refractivity contribution >= 4 is 22.9 Å². The van der Waals surface area contributed by atoms with Crippen LogP contribution in [0.5, 0.6) is 5.75 Å². The molecule has 1 saturated heterocycles. The second-order valence-corrected chi connectivity index (χ2v) is 8.69. The summed E-state index contributed by atoms with van der Waals surface area (Å²) in [6.07, 6.45) is 4.40. The van der Waals surface area contributed by atoms with Crippen molar-refractivity contribution in [3.63, 3.8) is 0 Å². The Hall–Kier alpha value is -2.01. The van der Waals surface area contributed by atoms with E-state index in [-0.39, 0.29) is 5.91 Å². The van der Waals surface area contributed by atoms with Gasteiger partial charge in [0.25, 0.3) is 5.91 Å². The zero-order valence-electron chi connectivity index (χ0n) is 16.2. The van der Waals surface area contributed by atoms with E-state index in [1.54, 1.807) is 18.4 Å². The summed E-state index contributed by atoms with van der Waals surface area (Å²) in [5.41, 5.74) is 3.51. The van der Waals surface area contributed by atoms with Gasteiger partial charge in [0, 0.05) is 42.1 Å². The van der Waals surface area contributed by atoms with Gasteiger partial charge in [-0.15, -0.1) is 11.3 Å². The SMILES string of the molecule is COc1ccc(N2CCCN(C(=O)c3csc4c3CCC(C)C4)CC2)cc1. The van der Waals surface area contributed by atoms with Crippen LogP contribution in [-0.2, 0) is 12.8 Å². The van der Waals surface area contributed by atoms with Crippen molar-refractivity contribution in [2.24, 2.45) is 5.92 Å². The Labute approximate surface area is 165 Å². The van der Waals surface area contributed by atoms with Gasteiger partial charge < -0.3 is 14.5 Å². The molecule has 1 aromatic heterocycles. The third kappa shape index (κ3) is 3.84. The van der Waals surface area contributed by atoms with Gasteiger partial charge in [-0.3, -0.25) is 4.79 Å². The lowest BCUT2D eigenvalue weighted by atomic mass is 9.88. The molecule has 144 valence electrons. The van der Waals surface area contributed by atoms with Gasteiger partial charge in [0.1, 0.15) is 5.75 Å². The molecule has 4 nitrogen and oxygen atoms in total. The number of anilines is 1. The number of benzene rings is 1. The van der Waals surface area contributed by atoms with Crippen LogP contribution in [0.1, 0.15) is 40.6 Å². The second-order valence-electron chi connectivity index (χ2n) is 7.73. The van der Waals surface area contributed by atoms with E-state index in [2.05, 4.69) is 34.2 Å². The molecule has 2 aromatic rings. The third-order valence-corrected chi connectivity index (χ3v) is 6.90. The molecule has 1 fully saturated rings. The first-order valence-corrected chi connectivity index (χ1v) is 10.8. The van der Waals surface area contributed by atoms with E-state index >= 15 is 0 Å². The number of thiophene rings is 1. The normalized spacial score (nSPS) is 20.1. The number of hydrogen-bond donors (Lipinski definition) is 0. The monoisotopic (exact) mass is 384 g/mol. The fourth-order valence-corrected chi connectivity index (χ4v) is 5.44. The van der Waals surface area contributed by atoms with Gasteiger partial charge in [0.2, 0.25) is 0 Å². The number of hydrogen-bond acceptors (Lipinski definition) is 4. The number of nitrogens with zero attached hydrogens (tertiary/aromatic N) is 2. The molecule has 1 atom stereocenters. The Morgan fingerprint density at radius 3 is 2.74 bits per heavy atom. The lowest BCUT2D eigenvalue weighted by Gasteiger charge is -2.24. The van der Waals surface area contributed by atoms with Gasteiger partial charge in [0.05, 0.1) is 12.7 Å². The van der Waals surface area contributed by atoms with Crippen molar-refractivity contribution in [1.82, 2.24) is 4.90 Å². The quantitative estimate of drug-likeness (QED) is 0.794. The molecule has 0 saturated carbocycles. The molecule has 0 radical (unpaired) electrons. The van der Waals surface area contributed by atoms with Crippen LogP contribution in [0, 0.1) is 5.92 Å². The van der Waals surface area contributed by atoms with E-state index in [0.717, 1.165) is 62.7 Å². The maximum absolute atomic E-state index is 13.2. The number of carbonyl (C=O) groups excluding carboxylic acids is 1. The van der Waals surface area contributed by atoms with Crippen molar-refractivity contribution in [2.75, 3.05) is 38.2 Å². The largest absolute Gasteiger partial charge is 0.497 e. The molecule has 1 aliphatic carbocycles. The minimum absolute atomic E-state index is 0.235. The fourth-order valence-electron chi connectivity index (χ4n) is 4.20. The zero-order chi connectivity index (χ0) is 18.8. The summed E-state index contributed by atoms with van der Waals surface area (Å²) in [5.74, 6) is 1.86. The first-order chi connectivity index (χ1) is 13.2. The van der Waals surface area contributed by atoms with E-state index in [4.69, 9.17) is 4.74 Å². The molecule has 1 aromatic carbocycles. The standard InChI is InChI=1S/C22H28N2O2S/c1-16-4-9-19-20(15-27-21(19)14-16)22(25)24-11-3-10-23(12-13-24)17-5-7-18(26-2)8-6-17/h5-8,15-16H,3-4,9-14H2,1-2H3. The number of rotatable bonds is 3. The van der Waals surface area contributed by atoms with Gasteiger partial charge in [-0.05, 0) is 61.4 Å². The Kier molecular flexibility index (Phi) is 5.39. The highest BCUT2D eigenvalue weighted by Crippen LogP contribution is 2.33. The molecule has 0 spiro atoms. The summed E-state index contributed by atoms with van der Waals surface area (Å²) >= 11 is 1.78. The third-order valence-electron chi connectivity index (χ3n) is 5.85. The minimum atomic E-state index is 0.235. The molecule has 0 bridgehead atoms. The summed E-state index contributed by atoms with van der Waals surface area (Å²) in [7, 11) is 1.69. The fraction of sp³-hybridized carbons (Fsp3) is 0.500. The molecule has 27 heavy (non-hydrogen) atoms. The number of ether oxygens (including phenoxy) is 1. The van der Waals surface area contributed by atoms with Crippen LogP contribution in [0.15, 0.2) is 29.6 Å². The molecular formula is C22H28N2O2S. The van der Waals surface area contributed by atoms with Gasteiger partial charge in [0.15, 0.2) is 0 Å². The molecule has 1 aliphatic heterocycles. The molecule has 4 rings (SSSR count). The van der Waals surface area contributed by atoms with Crippen LogP contribution in [0.25, 0.3) is 0 Å². The molecule has 1 amide bonds. The van der Waals surface area contributed by atoms with Crippen molar-refractivity contribution in [1.29, 1.82) is 0 Å². The Morgan fingerprint density at radius 1 is 1.15 bits per heavy atom. The van der Waals surface area contributed by atoms with Gasteiger partial charge >= 0.3 is 0 Å². The Balaban J connectivity index is 1.44.